The average molecular weight is 283 g/mol. The Morgan fingerprint density at radius 1 is 1.29 bits per heavy atom. The van der Waals surface area contributed by atoms with Crippen LogP contribution in [0.5, 0.6) is 0 Å². The summed E-state index contributed by atoms with van der Waals surface area (Å²) in [4.78, 5) is 0. The number of aromatic nitrogens is 2. The third-order valence-electron chi connectivity index (χ3n) is 3.99. The maximum absolute atomic E-state index is 6.07. The smallest absolute Gasteiger partial charge is 0.134 e. The Hall–Kier alpha value is -2.07. The molecule has 1 unspecified atom stereocenters. The summed E-state index contributed by atoms with van der Waals surface area (Å²) in [5.41, 5.74) is 3.44. The fraction of sp³-hybridized carbons (Fsp3) is 0.353. The minimum Gasteiger partial charge on any atom is -0.459 e. The highest BCUT2D eigenvalue weighted by atomic mass is 16.3. The Morgan fingerprint density at radius 3 is 2.81 bits per heavy atom. The van der Waals surface area contributed by atoms with E-state index in [0.717, 1.165) is 30.0 Å². The summed E-state index contributed by atoms with van der Waals surface area (Å²) in [6, 6.07) is 10.4. The number of rotatable bonds is 5. The lowest BCUT2D eigenvalue weighted by Gasteiger charge is -2.13. The van der Waals surface area contributed by atoms with Gasteiger partial charge in [0.2, 0.25) is 0 Å². The molecule has 3 rings (SSSR count). The number of aryl methyl sites for hydroxylation is 2. The molecule has 0 aliphatic rings. The van der Waals surface area contributed by atoms with Gasteiger partial charge in [-0.1, -0.05) is 25.1 Å². The molecule has 0 saturated heterocycles. The molecule has 0 bridgehead atoms. The number of furan rings is 1. The van der Waals surface area contributed by atoms with Crippen LogP contribution < -0.4 is 5.32 Å². The van der Waals surface area contributed by atoms with Crippen molar-refractivity contribution in [2.24, 2.45) is 7.05 Å². The number of para-hydroxylation sites is 1. The molecule has 0 aliphatic heterocycles. The van der Waals surface area contributed by atoms with Crippen LogP contribution in [0.2, 0.25) is 0 Å². The highest BCUT2D eigenvalue weighted by molar-refractivity contribution is 5.82. The van der Waals surface area contributed by atoms with Gasteiger partial charge in [-0.2, -0.15) is 5.10 Å². The maximum Gasteiger partial charge on any atom is 0.134 e. The maximum atomic E-state index is 6.07. The molecule has 2 aromatic heterocycles. The summed E-state index contributed by atoms with van der Waals surface area (Å²) in [5.74, 6) is 1.04. The molecule has 0 amide bonds. The van der Waals surface area contributed by atoms with Crippen molar-refractivity contribution >= 4 is 11.0 Å². The molecule has 0 aliphatic carbocycles. The van der Waals surface area contributed by atoms with Crippen molar-refractivity contribution < 1.29 is 4.42 Å². The van der Waals surface area contributed by atoms with Gasteiger partial charge in [0.15, 0.2) is 0 Å². The summed E-state index contributed by atoms with van der Waals surface area (Å²) >= 11 is 0. The molecular weight excluding hydrogens is 262 g/mol. The van der Waals surface area contributed by atoms with E-state index in [4.69, 9.17) is 4.42 Å². The van der Waals surface area contributed by atoms with Crippen LogP contribution in [0.4, 0.5) is 0 Å². The summed E-state index contributed by atoms with van der Waals surface area (Å²) in [7, 11) is 1.96. The molecule has 0 radical (unpaired) electrons. The minimum absolute atomic E-state index is 0.169. The van der Waals surface area contributed by atoms with Gasteiger partial charge in [0, 0.05) is 30.7 Å². The third kappa shape index (κ3) is 2.59. The van der Waals surface area contributed by atoms with Crippen molar-refractivity contribution in [2.75, 3.05) is 0 Å². The van der Waals surface area contributed by atoms with Gasteiger partial charge in [-0.05, 0) is 25.5 Å². The van der Waals surface area contributed by atoms with Crippen LogP contribution in [0.3, 0.4) is 0 Å². The van der Waals surface area contributed by atoms with Crippen LogP contribution >= 0.6 is 0 Å². The van der Waals surface area contributed by atoms with Gasteiger partial charge in [-0.15, -0.1) is 0 Å². The first-order valence-electron chi connectivity index (χ1n) is 7.41. The zero-order valence-electron chi connectivity index (χ0n) is 12.8. The first-order chi connectivity index (χ1) is 10.2. The second kappa shape index (κ2) is 5.74. The molecule has 0 fully saturated rings. The summed E-state index contributed by atoms with van der Waals surface area (Å²) < 4.78 is 7.96. The van der Waals surface area contributed by atoms with Crippen LogP contribution in [0, 0.1) is 0 Å². The van der Waals surface area contributed by atoms with Gasteiger partial charge >= 0.3 is 0 Å². The quantitative estimate of drug-likeness (QED) is 0.778. The Morgan fingerprint density at radius 2 is 2.10 bits per heavy atom. The van der Waals surface area contributed by atoms with Crippen molar-refractivity contribution in [1.82, 2.24) is 15.1 Å². The number of hydrogen-bond donors (Lipinski definition) is 1. The molecule has 3 aromatic rings. The molecule has 1 N–H and O–H groups in total. The lowest BCUT2D eigenvalue weighted by atomic mass is 10.1. The molecule has 2 heterocycles. The number of fused-ring (bicyclic) bond motifs is 1. The average Bonchev–Trinajstić information content (AvgIpc) is 3.07. The van der Waals surface area contributed by atoms with Gasteiger partial charge in [0.1, 0.15) is 11.3 Å². The fourth-order valence-corrected chi connectivity index (χ4v) is 2.76. The molecule has 4 nitrogen and oxygen atoms in total. The van der Waals surface area contributed by atoms with Crippen LogP contribution in [0.15, 0.2) is 40.9 Å². The van der Waals surface area contributed by atoms with Crippen LogP contribution in [-0.2, 0) is 20.0 Å². The van der Waals surface area contributed by atoms with Crippen molar-refractivity contribution in [1.29, 1.82) is 0 Å². The van der Waals surface area contributed by atoms with E-state index in [2.05, 4.69) is 36.4 Å². The van der Waals surface area contributed by atoms with E-state index in [1.165, 1.54) is 10.9 Å². The van der Waals surface area contributed by atoms with E-state index in [-0.39, 0.29) is 6.04 Å². The van der Waals surface area contributed by atoms with E-state index in [1.54, 1.807) is 0 Å². The zero-order chi connectivity index (χ0) is 14.8. The SMILES string of the molecule is CCc1c(C(C)NCc2ccnn2C)oc2ccccc12. The largest absolute Gasteiger partial charge is 0.459 e. The number of hydrogen-bond acceptors (Lipinski definition) is 3. The van der Waals surface area contributed by atoms with E-state index in [0.29, 0.717) is 0 Å². The molecule has 21 heavy (non-hydrogen) atoms. The monoisotopic (exact) mass is 283 g/mol. The van der Waals surface area contributed by atoms with Crippen LogP contribution in [0.1, 0.15) is 36.9 Å². The first-order valence-corrected chi connectivity index (χ1v) is 7.41. The van der Waals surface area contributed by atoms with Gasteiger partial charge in [0.25, 0.3) is 0 Å². The van der Waals surface area contributed by atoms with Crippen LogP contribution in [0.25, 0.3) is 11.0 Å². The molecular formula is C17H21N3O. The molecule has 0 saturated carbocycles. The lowest BCUT2D eigenvalue weighted by Crippen LogP contribution is -2.20. The molecule has 1 aromatic carbocycles. The summed E-state index contributed by atoms with van der Waals surface area (Å²) in [5, 5.41) is 8.94. The zero-order valence-corrected chi connectivity index (χ0v) is 12.8. The van der Waals surface area contributed by atoms with Gasteiger partial charge in [-0.3, -0.25) is 4.68 Å². The minimum atomic E-state index is 0.169. The highest BCUT2D eigenvalue weighted by Gasteiger charge is 2.17. The number of nitrogens with one attached hydrogen (secondary N) is 1. The van der Waals surface area contributed by atoms with Crippen LogP contribution in [-0.4, -0.2) is 9.78 Å². The standard InChI is InChI=1S/C17H21N3O/c1-4-14-15-7-5-6-8-16(15)21-17(14)12(2)18-11-13-9-10-19-20(13)3/h5-10,12,18H,4,11H2,1-3H3. The summed E-state index contributed by atoms with van der Waals surface area (Å²) in [6.45, 7) is 5.10. The Bertz CT molecular complexity index is 741. The summed E-state index contributed by atoms with van der Waals surface area (Å²) in [6.07, 6.45) is 2.80. The second-order valence-electron chi connectivity index (χ2n) is 5.34. The Kier molecular flexibility index (Phi) is 3.80. The Labute approximate surface area is 124 Å². The molecule has 110 valence electrons. The van der Waals surface area contributed by atoms with E-state index < -0.39 is 0 Å². The number of nitrogens with zero attached hydrogens (tertiary/aromatic N) is 2. The number of benzene rings is 1. The predicted octanol–water partition coefficient (Wildman–Crippen LogP) is 3.58. The van der Waals surface area contributed by atoms with E-state index in [1.807, 2.05) is 36.1 Å². The molecule has 1 atom stereocenters. The van der Waals surface area contributed by atoms with Gasteiger partial charge in [0.05, 0.1) is 11.7 Å². The fourth-order valence-electron chi connectivity index (χ4n) is 2.76. The third-order valence-corrected chi connectivity index (χ3v) is 3.99. The van der Waals surface area contributed by atoms with E-state index >= 15 is 0 Å². The first kappa shape index (κ1) is 13.9. The normalized spacial score (nSPS) is 12.9. The predicted molar refractivity (Wildman–Crippen MR) is 84.1 cm³/mol. The van der Waals surface area contributed by atoms with Gasteiger partial charge < -0.3 is 9.73 Å². The molecule has 0 spiro atoms. The second-order valence-corrected chi connectivity index (χ2v) is 5.34. The van der Waals surface area contributed by atoms with Crippen molar-refractivity contribution in [3.8, 4) is 0 Å². The van der Waals surface area contributed by atoms with Gasteiger partial charge in [-0.25, -0.2) is 0 Å². The lowest BCUT2D eigenvalue weighted by molar-refractivity contribution is 0.440. The van der Waals surface area contributed by atoms with Crippen molar-refractivity contribution in [3.05, 3.63) is 53.5 Å². The molecule has 4 heteroatoms. The van der Waals surface area contributed by atoms with Crippen molar-refractivity contribution in [2.45, 2.75) is 32.9 Å². The Balaban J connectivity index is 1.84. The highest BCUT2D eigenvalue weighted by Crippen LogP contribution is 2.30. The van der Waals surface area contributed by atoms with Crippen molar-refractivity contribution in [3.63, 3.8) is 0 Å². The van der Waals surface area contributed by atoms with E-state index in [9.17, 15) is 0 Å². The topological polar surface area (TPSA) is 43.0 Å².